The maximum absolute atomic E-state index is 12.6. The van der Waals surface area contributed by atoms with Gasteiger partial charge >= 0.3 is 0 Å². The van der Waals surface area contributed by atoms with Gasteiger partial charge < -0.3 is 19.5 Å². The maximum Gasteiger partial charge on any atom is 0.258 e. The van der Waals surface area contributed by atoms with Crippen molar-refractivity contribution in [1.82, 2.24) is 14.9 Å². The molecule has 1 fully saturated rings. The van der Waals surface area contributed by atoms with Gasteiger partial charge in [0, 0.05) is 39.0 Å². The van der Waals surface area contributed by atoms with E-state index >= 15 is 0 Å². The zero-order chi connectivity index (χ0) is 20.9. The van der Waals surface area contributed by atoms with Crippen LogP contribution in [0.2, 0.25) is 0 Å². The van der Waals surface area contributed by atoms with Crippen LogP contribution in [0.25, 0.3) is 10.9 Å². The van der Waals surface area contributed by atoms with E-state index in [-0.39, 0.29) is 11.5 Å². The van der Waals surface area contributed by atoms with Crippen LogP contribution >= 0.6 is 0 Å². The molecule has 0 aliphatic carbocycles. The van der Waals surface area contributed by atoms with Gasteiger partial charge in [-0.3, -0.25) is 9.59 Å². The molecule has 7 heteroatoms. The lowest BCUT2D eigenvalue weighted by Crippen LogP contribution is -2.48. The molecule has 2 aromatic carbocycles. The number of ether oxygens (including phenoxy) is 1. The minimum Gasteiger partial charge on any atom is -0.495 e. The lowest BCUT2D eigenvalue weighted by Gasteiger charge is -2.36. The molecule has 7 nitrogen and oxygen atoms in total. The van der Waals surface area contributed by atoms with Crippen LogP contribution in [0.4, 0.5) is 5.69 Å². The van der Waals surface area contributed by atoms with E-state index in [1.165, 1.54) is 0 Å². The topological polar surface area (TPSA) is 78.5 Å². The summed E-state index contributed by atoms with van der Waals surface area (Å²) in [5.41, 5.74) is 1.63. The van der Waals surface area contributed by atoms with Crippen LogP contribution in [-0.4, -0.2) is 54.1 Å². The predicted octanol–water partition coefficient (Wildman–Crippen LogP) is 2.60. The van der Waals surface area contributed by atoms with Gasteiger partial charge in [-0.15, -0.1) is 0 Å². The first kappa shape index (κ1) is 19.9. The molecular weight excluding hydrogens is 380 g/mol. The summed E-state index contributed by atoms with van der Waals surface area (Å²) in [6.45, 7) is 2.96. The third kappa shape index (κ3) is 4.30. The molecule has 30 heavy (non-hydrogen) atoms. The zero-order valence-corrected chi connectivity index (χ0v) is 17.1. The number of methoxy groups -OCH3 is 1. The van der Waals surface area contributed by atoms with Crippen molar-refractivity contribution >= 4 is 22.5 Å². The minimum absolute atomic E-state index is 0.130. The number of piperazine rings is 1. The summed E-state index contributed by atoms with van der Waals surface area (Å²) >= 11 is 0. The van der Waals surface area contributed by atoms with Gasteiger partial charge in [-0.05, 0) is 30.7 Å². The van der Waals surface area contributed by atoms with Crippen molar-refractivity contribution in [2.24, 2.45) is 0 Å². The third-order valence-electron chi connectivity index (χ3n) is 5.52. The lowest BCUT2D eigenvalue weighted by atomic mass is 10.1. The van der Waals surface area contributed by atoms with Crippen LogP contribution in [0.3, 0.4) is 0 Å². The van der Waals surface area contributed by atoms with E-state index in [4.69, 9.17) is 4.74 Å². The summed E-state index contributed by atoms with van der Waals surface area (Å²) in [5.74, 6) is 1.64. The van der Waals surface area contributed by atoms with Gasteiger partial charge in [-0.1, -0.05) is 24.3 Å². The van der Waals surface area contributed by atoms with Crippen molar-refractivity contribution in [3.8, 4) is 5.75 Å². The van der Waals surface area contributed by atoms with Crippen LogP contribution < -0.4 is 15.2 Å². The van der Waals surface area contributed by atoms with Gasteiger partial charge in [-0.2, -0.15) is 0 Å². The monoisotopic (exact) mass is 406 g/mol. The Bertz CT molecular complexity index is 1090. The molecule has 1 saturated heterocycles. The second kappa shape index (κ2) is 8.98. The molecule has 0 radical (unpaired) electrons. The van der Waals surface area contributed by atoms with Crippen molar-refractivity contribution in [2.45, 2.75) is 19.3 Å². The lowest BCUT2D eigenvalue weighted by molar-refractivity contribution is -0.131. The van der Waals surface area contributed by atoms with Crippen LogP contribution in [0, 0.1) is 0 Å². The molecule has 0 saturated carbocycles. The molecule has 2 heterocycles. The molecule has 4 rings (SSSR count). The normalized spacial score (nSPS) is 14.2. The third-order valence-corrected chi connectivity index (χ3v) is 5.52. The first-order valence-electron chi connectivity index (χ1n) is 10.3. The number of nitrogens with zero attached hydrogens (tertiary/aromatic N) is 3. The number of carbonyl (C=O) groups excluding carboxylic acids is 1. The number of H-pyrrole nitrogens is 1. The molecule has 0 spiro atoms. The second-order valence-corrected chi connectivity index (χ2v) is 7.42. The largest absolute Gasteiger partial charge is 0.495 e. The summed E-state index contributed by atoms with van der Waals surface area (Å²) in [6.07, 6.45) is 1.69. The zero-order valence-electron chi connectivity index (χ0n) is 17.1. The van der Waals surface area contributed by atoms with E-state index in [9.17, 15) is 9.59 Å². The molecule has 0 unspecified atom stereocenters. The van der Waals surface area contributed by atoms with Gasteiger partial charge in [0.05, 0.1) is 23.7 Å². The van der Waals surface area contributed by atoms with Crippen molar-refractivity contribution in [1.29, 1.82) is 0 Å². The number of carbonyl (C=O) groups is 1. The van der Waals surface area contributed by atoms with Crippen LogP contribution in [0.1, 0.15) is 18.7 Å². The van der Waals surface area contributed by atoms with Crippen LogP contribution in [0.5, 0.6) is 5.75 Å². The number of rotatable bonds is 6. The highest BCUT2D eigenvalue weighted by Gasteiger charge is 2.22. The number of hydrogen-bond acceptors (Lipinski definition) is 5. The van der Waals surface area contributed by atoms with Crippen molar-refractivity contribution in [2.75, 3.05) is 38.2 Å². The Morgan fingerprint density at radius 1 is 1.07 bits per heavy atom. The fraction of sp³-hybridized carbons (Fsp3) is 0.348. The Balaban J connectivity index is 1.29. The van der Waals surface area contributed by atoms with Crippen LogP contribution in [-0.2, 0) is 11.2 Å². The Labute approximate surface area is 175 Å². The first-order chi connectivity index (χ1) is 14.7. The Morgan fingerprint density at radius 2 is 1.80 bits per heavy atom. The van der Waals surface area contributed by atoms with Crippen molar-refractivity contribution in [3.05, 3.63) is 64.7 Å². The van der Waals surface area contributed by atoms with Gasteiger partial charge in [0.25, 0.3) is 5.56 Å². The quantitative estimate of drug-likeness (QED) is 0.681. The number of amides is 1. The Kier molecular flexibility index (Phi) is 5.97. The maximum atomic E-state index is 12.6. The molecule has 156 valence electrons. The average Bonchev–Trinajstić information content (AvgIpc) is 2.79. The average molecular weight is 406 g/mol. The summed E-state index contributed by atoms with van der Waals surface area (Å²) in [5, 5.41) is 0.588. The van der Waals surface area contributed by atoms with Crippen LogP contribution in [0.15, 0.2) is 53.3 Å². The number of aryl methyl sites for hydroxylation is 1. The number of hydrogen-bond donors (Lipinski definition) is 1. The molecule has 3 aromatic rings. The van der Waals surface area contributed by atoms with Crippen molar-refractivity contribution < 1.29 is 9.53 Å². The highest BCUT2D eigenvalue weighted by Crippen LogP contribution is 2.28. The fourth-order valence-electron chi connectivity index (χ4n) is 3.91. The summed E-state index contributed by atoms with van der Waals surface area (Å²) in [6, 6.07) is 15.3. The molecular formula is C23H26N4O3. The molecule has 1 aliphatic heterocycles. The van der Waals surface area contributed by atoms with E-state index in [1.807, 2.05) is 47.4 Å². The Hall–Kier alpha value is -3.35. The molecule has 0 atom stereocenters. The number of aromatic amines is 1. The molecule has 1 N–H and O–H groups in total. The molecule has 1 aromatic heterocycles. The van der Waals surface area contributed by atoms with Gasteiger partial charge in [0.1, 0.15) is 11.6 Å². The summed E-state index contributed by atoms with van der Waals surface area (Å²) in [4.78, 5) is 36.3. The minimum atomic E-state index is -0.130. The van der Waals surface area contributed by atoms with Gasteiger partial charge in [-0.25, -0.2) is 4.98 Å². The number of para-hydroxylation sites is 3. The summed E-state index contributed by atoms with van der Waals surface area (Å²) < 4.78 is 5.45. The number of aromatic nitrogens is 2. The van der Waals surface area contributed by atoms with Crippen molar-refractivity contribution in [3.63, 3.8) is 0 Å². The van der Waals surface area contributed by atoms with E-state index in [2.05, 4.69) is 14.9 Å². The highest BCUT2D eigenvalue weighted by atomic mass is 16.5. The molecule has 1 aliphatic rings. The summed E-state index contributed by atoms with van der Waals surface area (Å²) in [7, 11) is 1.68. The highest BCUT2D eigenvalue weighted by molar-refractivity contribution is 5.77. The Morgan fingerprint density at radius 3 is 2.60 bits per heavy atom. The smallest absolute Gasteiger partial charge is 0.258 e. The number of fused-ring (bicyclic) bond motifs is 1. The van der Waals surface area contributed by atoms with Gasteiger partial charge in [0.15, 0.2) is 0 Å². The number of anilines is 1. The van der Waals surface area contributed by atoms with E-state index in [0.29, 0.717) is 49.1 Å². The first-order valence-corrected chi connectivity index (χ1v) is 10.3. The number of nitrogens with one attached hydrogen (secondary N) is 1. The van der Waals surface area contributed by atoms with E-state index in [1.54, 1.807) is 13.2 Å². The second-order valence-electron chi connectivity index (χ2n) is 7.42. The molecule has 1 amide bonds. The standard InChI is InChI=1S/C23H26N4O3/c1-30-20-10-5-4-9-19(20)26-13-15-27(16-14-26)22(28)12-6-11-21-24-18-8-3-2-7-17(18)23(29)25-21/h2-5,7-10H,6,11-16H2,1H3,(H,24,25,29). The predicted molar refractivity (Wildman–Crippen MR) is 117 cm³/mol. The SMILES string of the molecule is COc1ccccc1N1CCN(C(=O)CCCc2nc3ccccc3c(=O)[nH]2)CC1. The molecule has 0 bridgehead atoms. The van der Waals surface area contributed by atoms with E-state index in [0.717, 1.165) is 24.5 Å². The number of benzene rings is 2. The van der Waals surface area contributed by atoms with E-state index < -0.39 is 0 Å². The van der Waals surface area contributed by atoms with Gasteiger partial charge in [0.2, 0.25) is 5.91 Å². The fourth-order valence-corrected chi connectivity index (χ4v) is 3.91.